The standard InChI is InChI=1S/C36H56O12Si4/c1-29(37)43-33-13-9-31(10-14-33)17-23-51(5)45-49(3,21-7-19-39-25-35-27-41-35)47-52(6,24-18-32-11-15-34(16-12-32)44-30(2)38)48-50(4,46-51)22-8-20-40-26-36-28-42-36/h9-16,35-36H,7-8,17-28H2,1-6H3. The van der Waals surface area contributed by atoms with Crippen molar-refractivity contribution < 1.29 is 54.5 Å². The van der Waals surface area contributed by atoms with Crippen LogP contribution in [0.3, 0.4) is 0 Å². The first kappa shape index (κ1) is 41.1. The van der Waals surface area contributed by atoms with Gasteiger partial charge in [-0.1, -0.05) is 24.3 Å². The molecule has 0 bridgehead atoms. The molecule has 288 valence electrons. The minimum absolute atomic E-state index is 0.219. The Kier molecular flexibility index (Phi) is 14.6. The quantitative estimate of drug-likeness (QED) is 0.0490. The number of carbonyl (C=O) groups is 2. The fraction of sp³-hybridized carbons (Fsp3) is 0.611. The summed E-state index contributed by atoms with van der Waals surface area (Å²) in [5, 5.41) is 0. The first-order valence-corrected chi connectivity index (χ1v) is 28.6. The summed E-state index contributed by atoms with van der Waals surface area (Å²) in [6.45, 7) is 15.4. The zero-order valence-corrected chi connectivity index (χ0v) is 35.6. The van der Waals surface area contributed by atoms with E-state index in [9.17, 15) is 9.59 Å². The Morgan fingerprint density at radius 2 is 0.904 bits per heavy atom. The topological polar surface area (TPSA) is 133 Å². The molecule has 0 amide bonds. The number of hydrogen-bond acceptors (Lipinski definition) is 12. The normalized spacial score (nSPS) is 29.9. The van der Waals surface area contributed by atoms with Gasteiger partial charge in [0.05, 0.1) is 26.4 Å². The lowest BCUT2D eigenvalue weighted by molar-refractivity contribution is -0.132. The molecule has 12 nitrogen and oxygen atoms in total. The van der Waals surface area contributed by atoms with Gasteiger partial charge in [-0.15, -0.1) is 0 Å². The largest absolute Gasteiger partial charge is 0.427 e. The van der Waals surface area contributed by atoms with Gasteiger partial charge in [0.15, 0.2) is 0 Å². The second kappa shape index (κ2) is 18.5. The van der Waals surface area contributed by atoms with Crippen LogP contribution in [0.4, 0.5) is 0 Å². The molecule has 2 unspecified atom stereocenters. The van der Waals surface area contributed by atoms with Gasteiger partial charge in [0.2, 0.25) is 0 Å². The van der Waals surface area contributed by atoms with Crippen molar-refractivity contribution in [2.45, 2.75) is 102 Å². The molecule has 0 saturated carbocycles. The van der Waals surface area contributed by atoms with Crippen molar-refractivity contribution in [2.24, 2.45) is 0 Å². The molecule has 2 aromatic carbocycles. The highest BCUT2D eigenvalue weighted by Crippen LogP contribution is 2.39. The average molecular weight is 793 g/mol. The maximum Gasteiger partial charge on any atom is 0.317 e. The fourth-order valence-corrected chi connectivity index (χ4v) is 29.7. The highest BCUT2D eigenvalue weighted by molar-refractivity contribution is 6.93. The first-order valence-electron chi connectivity index (χ1n) is 18.5. The van der Waals surface area contributed by atoms with Gasteiger partial charge in [0.1, 0.15) is 23.7 Å². The molecule has 0 radical (unpaired) electrons. The summed E-state index contributed by atoms with van der Waals surface area (Å²) in [4.78, 5) is 22.9. The third-order valence-corrected chi connectivity index (χ3v) is 27.7. The summed E-state index contributed by atoms with van der Waals surface area (Å²) in [6.07, 6.45) is 3.52. The number of aryl methyl sites for hydroxylation is 2. The number of rotatable bonds is 20. The van der Waals surface area contributed by atoms with E-state index in [1.807, 2.05) is 48.5 Å². The summed E-state index contributed by atoms with van der Waals surface area (Å²) in [6, 6.07) is 18.2. The van der Waals surface area contributed by atoms with Crippen molar-refractivity contribution in [1.29, 1.82) is 0 Å². The van der Waals surface area contributed by atoms with Crippen LogP contribution in [0.2, 0.25) is 50.4 Å². The van der Waals surface area contributed by atoms with Crippen molar-refractivity contribution in [3.63, 3.8) is 0 Å². The van der Waals surface area contributed by atoms with Crippen LogP contribution >= 0.6 is 0 Å². The van der Waals surface area contributed by atoms with Crippen LogP contribution in [-0.4, -0.2) is 98.0 Å². The molecule has 3 aliphatic rings. The summed E-state index contributed by atoms with van der Waals surface area (Å²) >= 11 is 0. The Morgan fingerprint density at radius 3 is 1.21 bits per heavy atom. The second-order valence-electron chi connectivity index (χ2n) is 14.7. The van der Waals surface area contributed by atoms with E-state index in [0.29, 0.717) is 37.9 Å². The van der Waals surface area contributed by atoms with Crippen molar-refractivity contribution >= 4 is 46.2 Å². The Hall–Kier alpha value is -2.07. The van der Waals surface area contributed by atoms with Crippen LogP contribution in [0.1, 0.15) is 37.8 Å². The second-order valence-corrected chi connectivity index (χ2v) is 29.0. The van der Waals surface area contributed by atoms with Crippen LogP contribution < -0.4 is 9.47 Å². The van der Waals surface area contributed by atoms with Crippen LogP contribution in [0, 0.1) is 0 Å². The van der Waals surface area contributed by atoms with Crippen LogP contribution in [0.5, 0.6) is 11.5 Å². The van der Waals surface area contributed by atoms with Crippen LogP contribution in [0.25, 0.3) is 0 Å². The smallest absolute Gasteiger partial charge is 0.317 e. The molecule has 16 heteroatoms. The molecular weight excluding hydrogens is 737 g/mol. The highest BCUT2D eigenvalue weighted by atomic mass is 28.5. The Labute approximate surface area is 312 Å². The predicted octanol–water partition coefficient (Wildman–Crippen LogP) is 6.30. The van der Waals surface area contributed by atoms with E-state index in [1.54, 1.807) is 0 Å². The van der Waals surface area contributed by atoms with Crippen molar-refractivity contribution in [3.8, 4) is 11.5 Å². The maximum absolute atomic E-state index is 11.4. The van der Waals surface area contributed by atoms with Gasteiger partial charge >= 0.3 is 46.2 Å². The lowest BCUT2D eigenvalue weighted by Crippen LogP contribution is -2.67. The lowest BCUT2D eigenvalue weighted by Gasteiger charge is -2.50. The number of ether oxygens (including phenoxy) is 6. The van der Waals surface area contributed by atoms with Gasteiger partial charge in [-0.05, 0) is 111 Å². The van der Waals surface area contributed by atoms with Gasteiger partial charge in [0.25, 0.3) is 0 Å². The number of hydrogen-bond donors (Lipinski definition) is 0. The Balaban J connectivity index is 1.34. The van der Waals surface area contributed by atoms with Crippen LogP contribution in [0.15, 0.2) is 48.5 Å². The monoisotopic (exact) mass is 792 g/mol. The molecule has 3 saturated heterocycles. The van der Waals surface area contributed by atoms with E-state index in [1.165, 1.54) is 13.8 Å². The predicted molar refractivity (Wildman–Crippen MR) is 203 cm³/mol. The molecule has 5 rings (SSSR count). The van der Waals surface area contributed by atoms with Crippen molar-refractivity contribution in [1.82, 2.24) is 0 Å². The maximum atomic E-state index is 11.4. The van der Waals surface area contributed by atoms with E-state index in [4.69, 9.17) is 44.9 Å². The first-order chi connectivity index (χ1) is 24.7. The Morgan fingerprint density at radius 1 is 0.577 bits per heavy atom. The highest BCUT2D eigenvalue weighted by Gasteiger charge is 2.56. The molecule has 52 heavy (non-hydrogen) atoms. The molecule has 0 spiro atoms. The Bertz CT molecular complexity index is 1330. The lowest BCUT2D eigenvalue weighted by atomic mass is 10.2. The van der Waals surface area contributed by atoms with Gasteiger partial charge in [-0.25, -0.2) is 0 Å². The fourth-order valence-electron chi connectivity index (χ4n) is 6.59. The van der Waals surface area contributed by atoms with Gasteiger partial charge in [-0.2, -0.15) is 0 Å². The molecule has 0 aliphatic carbocycles. The van der Waals surface area contributed by atoms with E-state index < -0.39 is 34.2 Å². The molecule has 3 aliphatic heterocycles. The zero-order chi connectivity index (χ0) is 37.2. The van der Waals surface area contributed by atoms with Crippen molar-refractivity contribution in [2.75, 3.05) is 39.6 Å². The third kappa shape index (κ3) is 14.3. The SMILES string of the molecule is CC(=O)Oc1ccc(CC[Si]2(C)O[Si](C)(CCCOCC3CO3)O[Si](C)(CCc3ccc(OC(C)=O)cc3)O[Si](C)(CCCOCC3CO3)O2)cc1. The van der Waals surface area contributed by atoms with Gasteiger partial charge in [0, 0.05) is 27.1 Å². The summed E-state index contributed by atoms with van der Waals surface area (Å²) in [5.41, 5.74) is 2.22. The molecule has 3 heterocycles. The number of carbonyl (C=O) groups excluding carboxylic acids is 2. The average Bonchev–Trinajstić information content (AvgIpc) is 3.99. The number of epoxide rings is 2. The van der Waals surface area contributed by atoms with E-state index in [2.05, 4.69) is 26.2 Å². The molecular formula is C36H56O12Si4. The molecule has 3 fully saturated rings. The zero-order valence-electron chi connectivity index (χ0n) is 31.6. The molecule has 2 atom stereocenters. The minimum Gasteiger partial charge on any atom is -0.427 e. The van der Waals surface area contributed by atoms with E-state index in [0.717, 1.165) is 74.2 Å². The number of esters is 2. The van der Waals surface area contributed by atoms with Gasteiger partial charge < -0.3 is 44.9 Å². The van der Waals surface area contributed by atoms with Crippen molar-refractivity contribution in [3.05, 3.63) is 59.7 Å². The van der Waals surface area contributed by atoms with E-state index >= 15 is 0 Å². The summed E-state index contributed by atoms with van der Waals surface area (Å²) in [7, 11) is -11.5. The van der Waals surface area contributed by atoms with Crippen LogP contribution in [-0.2, 0) is 57.8 Å². The molecule has 2 aromatic rings. The summed E-state index contributed by atoms with van der Waals surface area (Å²) < 4.78 is 62.3. The molecule has 0 aromatic heterocycles. The van der Waals surface area contributed by atoms with Gasteiger partial charge in [-0.3, -0.25) is 9.59 Å². The summed E-state index contributed by atoms with van der Waals surface area (Å²) in [5.74, 6) is 0.358. The van der Waals surface area contributed by atoms with E-state index in [-0.39, 0.29) is 24.1 Å². The molecule has 0 N–H and O–H groups in total. The third-order valence-electron chi connectivity index (χ3n) is 9.08. The minimum atomic E-state index is -2.89. The number of benzene rings is 2.